The molecule has 3 rings (SSSR count). The van der Waals surface area contributed by atoms with Crippen LogP contribution in [0.1, 0.15) is 29.6 Å². The standard InChI is InChI=1S/C17H21NO5/c19-16(20)9-15-10-18(7-8-22-15)17(21)13-3-5-14(6-4-13)23-11-12-1-2-12/h3-6,12,15H,1-2,7-11H2,(H,19,20)/t15-/m1/s1. The summed E-state index contributed by atoms with van der Waals surface area (Å²) >= 11 is 0. The Morgan fingerprint density at radius 1 is 1.26 bits per heavy atom. The van der Waals surface area contributed by atoms with Crippen LogP contribution in [0.5, 0.6) is 5.75 Å². The zero-order valence-corrected chi connectivity index (χ0v) is 12.9. The number of carboxylic acids is 1. The van der Waals surface area contributed by atoms with Crippen molar-refractivity contribution in [1.82, 2.24) is 4.90 Å². The van der Waals surface area contributed by atoms with Crippen LogP contribution >= 0.6 is 0 Å². The average Bonchev–Trinajstić information content (AvgIpc) is 3.37. The van der Waals surface area contributed by atoms with Crippen LogP contribution < -0.4 is 4.74 Å². The number of morpholine rings is 1. The molecule has 6 nitrogen and oxygen atoms in total. The number of nitrogens with zero attached hydrogens (tertiary/aromatic N) is 1. The Morgan fingerprint density at radius 2 is 2.00 bits per heavy atom. The lowest BCUT2D eigenvalue weighted by Crippen LogP contribution is -2.46. The van der Waals surface area contributed by atoms with Gasteiger partial charge in [-0.15, -0.1) is 0 Å². The first kappa shape index (κ1) is 15.8. The van der Waals surface area contributed by atoms with Crippen LogP contribution in [0.4, 0.5) is 0 Å². The first-order valence-corrected chi connectivity index (χ1v) is 7.97. The van der Waals surface area contributed by atoms with Crippen LogP contribution in [0.3, 0.4) is 0 Å². The summed E-state index contributed by atoms with van der Waals surface area (Å²) in [5.74, 6) is 0.453. The summed E-state index contributed by atoms with van der Waals surface area (Å²) in [7, 11) is 0. The topological polar surface area (TPSA) is 76.1 Å². The molecular formula is C17H21NO5. The molecule has 0 unspecified atom stereocenters. The molecule has 0 bridgehead atoms. The lowest BCUT2D eigenvalue weighted by atomic mass is 10.1. The highest BCUT2D eigenvalue weighted by molar-refractivity contribution is 5.94. The maximum atomic E-state index is 12.5. The van der Waals surface area contributed by atoms with Gasteiger partial charge in [-0.1, -0.05) is 0 Å². The first-order chi connectivity index (χ1) is 11.1. The van der Waals surface area contributed by atoms with Crippen molar-refractivity contribution in [3.63, 3.8) is 0 Å². The quantitative estimate of drug-likeness (QED) is 0.865. The van der Waals surface area contributed by atoms with Crippen molar-refractivity contribution in [2.75, 3.05) is 26.3 Å². The maximum absolute atomic E-state index is 12.5. The van der Waals surface area contributed by atoms with Gasteiger partial charge in [0.2, 0.25) is 0 Å². The summed E-state index contributed by atoms with van der Waals surface area (Å²) in [5, 5.41) is 8.83. The number of benzene rings is 1. The molecule has 2 aliphatic rings. The minimum atomic E-state index is -0.915. The van der Waals surface area contributed by atoms with Gasteiger partial charge in [-0.2, -0.15) is 0 Å². The Balaban J connectivity index is 1.56. The summed E-state index contributed by atoms with van der Waals surface area (Å²) in [4.78, 5) is 24.9. The van der Waals surface area contributed by atoms with Gasteiger partial charge in [0, 0.05) is 18.7 Å². The molecule has 1 saturated carbocycles. The van der Waals surface area contributed by atoms with Crippen LogP contribution in [0.2, 0.25) is 0 Å². The largest absolute Gasteiger partial charge is 0.493 e. The zero-order chi connectivity index (χ0) is 16.2. The Labute approximate surface area is 135 Å². The Bertz CT molecular complexity index is 567. The first-order valence-electron chi connectivity index (χ1n) is 7.97. The second-order valence-electron chi connectivity index (χ2n) is 6.12. The van der Waals surface area contributed by atoms with Crippen molar-refractivity contribution in [1.29, 1.82) is 0 Å². The second kappa shape index (κ2) is 7.00. The molecule has 1 aliphatic heterocycles. The Hall–Kier alpha value is -2.08. The number of ether oxygens (including phenoxy) is 2. The van der Waals surface area contributed by atoms with E-state index < -0.39 is 12.1 Å². The molecule has 1 aliphatic carbocycles. The van der Waals surface area contributed by atoms with Crippen molar-refractivity contribution in [3.8, 4) is 5.75 Å². The zero-order valence-electron chi connectivity index (χ0n) is 12.9. The predicted molar refractivity (Wildman–Crippen MR) is 82.6 cm³/mol. The number of aliphatic carboxylic acids is 1. The van der Waals surface area contributed by atoms with Gasteiger partial charge in [-0.3, -0.25) is 9.59 Å². The van der Waals surface area contributed by atoms with Gasteiger partial charge in [0.15, 0.2) is 0 Å². The molecule has 1 aromatic carbocycles. The smallest absolute Gasteiger partial charge is 0.306 e. The van der Waals surface area contributed by atoms with Crippen molar-refractivity contribution < 1.29 is 24.2 Å². The molecule has 1 aromatic rings. The van der Waals surface area contributed by atoms with Crippen LogP contribution in [-0.2, 0) is 9.53 Å². The Kier molecular flexibility index (Phi) is 4.81. The molecule has 2 fully saturated rings. The van der Waals surface area contributed by atoms with E-state index in [1.165, 1.54) is 12.8 Å². The molecule has 1 atom stereocenters. The summed E-state index contributed by atoms with van der Waals surface area (Å²) in [6.07, 6.45) is 1.96. The molecule has 0 aromatic heterocycles. The summed E-state index contributed by atoms with van der Waals surface area (Å²) in [6.45, 7) is 1.90. The third kappa shape index (κ3) is 4.45. The SMILES string of the molecule is O=C(O)C[C@@H]1CN(C(=O)c2ccc(OCC3CC3)cc2)CCO1. The van der Waals surface area contributed by atoms with Gasteiger partial charge < -0.3 is 19.5 Å². The third-order valence-corrected chi connectivity index (χ3v) is 4.11. The van der Waals surface area contributed by atoms with Crippen molar-refractivity contribution in [2.24, 2.45) is 5.92 Å². The molecule has 1 N–H and O–H groups in total. The molecule has 0 radical (unpaired) electrons. The second-order valence-corrected chi connectivity index (χ2v) is 6.12. The lowest BCUT2D eigenvalue weighted by Gasteiger charge is -2.32. The number of hydrogen-bond acceptors (Lipinski definition) is 4. The normalized spacial score (nSPS) is 21.0. The van der Waals surface area contributed by atoms with Crippen molar-refractivity contribution in [3.05, 3.63) is 29.8 Å². The van der Waals surface area contributed by atoms with E-state index >= 15 is 0 Å². The number of amides is 1. The monoisotopic (exact) mass is 319 g/mol. The van der Waals surface area contributed by atoms with Crippen molar-refractivity contribution in [2.45, 2.75) is 25.4 Å². The van der Waals surface area contributed by atoms with E-state index in [0.29, 0.717) is 31.2 Å². The average molecular weight is 319 g/mol. The molecule has 1 heterocycles. The molecule has 0 spiro atoms. The molecule has 1 saturated heterocycles. The summed E-state index contributed by atoms with van der Waals surface area (Å²) in [6, 6.07) is 7.13. The third-order valence-electron chi connectivity index (χ3n) is 4.11. The lowest BCUT2D eigenvalue weighted by molar-refractivity contribution is -0.141. The van der Waals surface area contributed by atoms with Gasteiger partial charge in [-0.05, 0) is 43.0 Å². The van der Waals surface area contributed by atoms with E-state index in [1.54, 1.807) is 17.0 Å². The minimum Gasteiger partial charge on any atom is -0.493 e. The summed E-state index contributed by atoms with van der Waals surface area (Å²) < 4.78 is 11.1. The fraction of sp³-hybridized carbons (Fsp3) is 0.529. The molecular weight excluding hydrogens is 298 g/mol. The number of hydrogen-bond donors (Lipinski definition) is 1. The highest BCUT2D eigenvalue weighted by atomic mass is 16.5. The Morgan fingerprint density at radius 3 is 2.65 bits per heavy atom. The van der Waals surface area contributed by atoms with Gasteiger partial charge in [-0.25, -0.2) is 0 Å². The number of carboxylic acid groups (broad SMARTS) is 1. The minimum absolute atomic E-state index is 0.0856. The summed E-state index contributed by atoms with van der Waals surface area (Å²) in [5.41, 5.74) is 0.583. The van der Waals surface area contributed by atoms with E-state index in [-0.39, 0.29) is 12.3 Å². The predicted octanol–water partition coefficient (Wildman–Crippen LogP) is 1.79. The van der Waals surface area contributed by atoms with Crippen LogP contribution in [0.15, 0.2) is 24.3 Å². The highest BCUT2D eigenvalue weighted by Crippen LogP contribution is 2.29. The van der Waals surface area contributed by atoms with Gasteiger partial charge in [0.05, 0.1) is 25.7 Å². The fourth-order valence-corrected chi connectivity index (χ4v) is 2.60. The van der Waals surface area contributed by atoms with Gasteiger partial charge in [0.1, 0.15) is 5.75 Å². The van der Waals surface area contributed by atoms with Gasteiger partial charge >= 0.3 is 5.97 Å². The van der Waals surface area contributed by atoms with Crippen LogP contribution in [0.25, 0.3) is 0 Å². The number of rotatable bonds is 6. The number of carbonyl (C=O) groups excluding carboxylic acids is 1. The van der Waals surface area contributed by atoms with E-state index in [9.17, 15) is 9.59 Å². The van der Waals surface area contributed by atoms with Crippen molar-refractivity contribution >= 4 is 11.9 Å². The number of carbonyl (C=O) groups is 2. The molecule has 124 valence electrons. The highest BCUT2D eigenvalue weighted by Gasteiger charge is 2.26. The fourth-order valence-electron chi connectivity index (χ4n) is 2.60. The van der Waals surface area contributed by atoms with E-state index in [1.807, 2.05) is 12.1 Å². The van der Waals surface area contributed by atoms with Crippen LogP contribution in [-0.4, -0.2) is 54.3 Å². The molecule has 6 heteroatoms. The maximum Gasteiger partial charge on any atom is 0.306 e. The molecule has 1 amide bonds. The van der Waals surface area contributed by atoms with E-state index in [2.05, 4.69) is 0 Å². The van der Waals surface area contributed by atoms with Crippen LogP contribution in [0, 0.1) is 5.92 Å². The van der Waals surface area contributed by atoms with E-state index in [4.69, 9.17) is 14.6 Å². The molecule has 23 heavy (non-hydrogen) atoms. The van der Waals surface area contributed by atoms with Gasteiger partial charge in [0.25, 0.3) is 5.91 Å². The van der Waals surface area contributed by atoms with E-state index in [0.717, 1.165) is 12.4 Å².